The van der Waals surface area contributed by atoms with Gasteiger partial charge in [0, 0.05) is 31.1 Å². The Morgan fingerprint density at radius 3 is 2.57 bits per heavy atom. The van der Waals surface area contributed by atoms with Gasteiger partial charge in [-0.05, 0) is 31.4 Å². The summed E-state index contributed by atoms with van der Waals surface area (Å²) in [4.78, 5) is 39.8. The Labute approximate surface area is 173 Å². The molecular formula is C22H24N4O4. The number of carbonyl (C=O) groups excluding carboxylic acids is 2. The van der Waals surface area contributed by atoms with E-state index in [-0.39, 0.29) is 29.1 Å². The quantitative estimate of drug-likeness (QED) is 0.699. The second kappa shape index (κ2) is 8.52. The SMILES string of the molecule is CCCn1nc(C(=O)NC2CCN(C(=O)c3ccoc3)CC2)c2ccccc2c1=O. The van der Waals surface area contributed by atoms with E-state index in [9.17, 15) is 14.4 Å². The Morgan fingerprint density at radius 2 is 1.90 bits per heavy atom. The third-order valence-electron chi connectivity index (χ3n) is 5.40. The predicted molar refractivity (Wildman–Crippen MR) is 111 cm³/mol. The maximum absolute atomic E-state index is 13.0. The van der Waals surface area contributed by atoms with Crippen LogP contribution in [0.3, 0.4) is 0 Å². The monoisotopic (exact) mass is 408 g/mol. The fourth-order valence-corrected chi connectivity index (χ4v) is 3.82. The lowest BCUT2D eigenvalue weighted by Gasteiger charge is -2.32. The molecule has 0 unspecified atom stereocenters. The van der Waals surface area contributed by atoms with Crippen LogP contribution >= 0.6 is 0 Å². The molecule has 1 N–H and O–H groups in total. The van der Waals surface area contributed by atoms with Gasteiger partial charge < -0.3 is 14.6 Å². The molecule has 0 atom stereocenters. The molecule has 2 amide bonds. The van der Waals surface area contributed by atoms with Gasteiger partial charge in [-0.2, -0.15) is 5.10 Å². The average molecular weight is 408 g/mol. The number of aryl methyl sites for hydroxylation is 1. The highest BCUT2D eigenvalue weighted by Gasteiger charge is 2.26. The average Bonchev–Trinajstić information content (AvgIpc) is 3.31. The van der Waals surface area contributed by atoms with E-state index in [4.69, 9.17) is 4.42 Å². The number of fused-ring (bicyclic) bond motifs is 1. The molecular weight excluding hydrogens is 384 g/mol. The van der Waals surface area contributed by atoms with Crippen molar-refractivity contribution in [2.45, 2.75) is 38.8 Å². The van der Waals surface area contributed by atoms with Gasteiger partial charge in [-0.3, -0.25) is 14.4 Å². The normalized spacial score (nSPS) is 14.8. The second-order valence-electron chi connectivity index (χ2n) is 7.47. The predicted octanol–water partition coefficient (Wildman–Crippen LogP) is 2.43. The van der Waals surface area contributed by atoms with E-state index in [0.29, 0.717) is 48.8 Å². The van der Waals surface area contributed by atoms with Gasteiger partial charge in [0.2, 0.25) is 0 Å². The van der Waals surface area contributed by atoms with Crippen molar-refractivity contribution in [1.29, 1.82) is 0 Å². The first-order chi connectivity index (χ1) is 14.6. The van der Waals surface area contributed by atoms with Gasteiger partial charge in [0.25, 0.3) is 17.4 Å². The number of likely N-dealkylation sites (tertiary alicyclic amines) is 1. The van der Waals surface area contributed by atoms with Crippen LogP contribution in [0, 0.1) is 0 Å². The molecule has 156 valence electrons. The number of hydrogen-bond donors (Lipinski definition) is 1. The second-order valence-corrected chi connectivity index (χ2v) is 7.47. The maximum Gasteiger partial charge on any atom is 0.274 e. The molecule has 1 aromatic carbocycles. The van der Waals surface area contributed by atoms with Crippen molar-refractivity contribution >= 4 is 22.6 Å². The number of hydrogen-bond acceptors (Lipinski definition) is 5. The third-order valence-corrected chi connectivity index (χ3v) is 5.40. The Balaban J connectivity index is 1.48. The number of nitrogens with one attached hydrogen (secondary N) is 1. The molecule has 0 bridgehead atoms. The van der Waals surface area contributed by atoms with Crippen molar-refractivity contribution < 1.29 is 14.0 Å². The number of nitrogens with zero attached hydrogens (tertiary/aromatic N) is 3. The zero-order chi connectivity index (χ0) is 21.1. The highest BCUT2D eigenvalue weighted by Crippen LogP contribution is 2.17. The van der Waals surface area contributed by atoms with Crippen LogP contribution in [0.2, 0.25) is 0 Å². The highest BCUT2D eigenvalue weighted by molar-refractivity contribution is 6.04. The molecule has 30 heavy (non-hydrogen) atoms. The molecule has 4 rings (SSSR count). The number of benzene rings is 1. The van der Waals surface area contributed by atoms with Gasteiger partial charge >= 0.3 is 0 Å². The summed E-state index contributed by atoms with van der Waals surface area (Å²) in [6, 6.07) is 8.65. The summed E-state index contributed by atoms with van der Waals surface area (Å²) in [6.45, 7) is 3.52. The van der Waals surface area contributed by atoms with Crippen LogP contribution in [0.25, 0.3) is 10.8 Å². The largest absolute Gasteiger partial charge is 0.472 e. The van der Waals surface area contributed by atoms with Crippen molar-refractivity contribution in [2.24, 2.45) is 0 Å². The van der Waals surface area contributed by atoms with Crippen LogP contribution in [-0.4, -0.2) is 45.6 Å². The molecule has 0 radical (unpaired) electrons. The minimum Gasteiger partial charge on any atom is -0.472 e. The van der Waals surface area contributed by atoms with Crippen molar-refractivity contribution in [2.75, 3.05) is 13.1 Å². The summed E-state index contributed by atoms with van der Waals surface area (Å²) in [5, 5.41) is 8.43. The lowest BCUT2D eigenvalue weighted by atomic mass is 10.0. The third kappa shape index (κ3) is 3.85. The molecule has 8 heteroatoms. The van der Waals surface area contributed by atoms with Crippen LogP contribution in [0.5, 0.6) is 0 Å². The van der Waals surface area contributed by atoms with Gasteiger partial charge in [-0.25, -0.2) is 4.68 Å². The standard InChI is InChI=1S/C22H24N4O4/c1-2-10-26-22(29)18-6-4-3-5-17(18)19(24-26)20(27)23-16-7-11-25(12-8-16)21(28)15-9-13-30-14-15/h3-6,9,13-14,16H,2,7-8,10-12H2,1H3,(H,23,27). The van der Waals surface area contributed by atoms with Crippen LogP contribution in [0.4, 0.5) is 0 Å². The van der Waals surface area contributed by atoms with Crippen LogP contribution in [0.1, 0.15) is 47.0 Å². The molecule has 3 aromatic rings. The van der Waals surface area contributed by atoms with Gasteiger partial charge in [-0.15, -0.1) is 0 Å². The van der Waals surface area contributed by atoms with Gasteiger partial charge in [0.05, 0.1) is 17.2 Å². The minimum absolute atomic E-state index is 0.0574. The molecule has 2 aromatic heterocycles. The molecule has 8 nitrogen and oxygen atoms in total. The van der Waals surface area contributed by atoms with Crippen LogP contribution in [-0.2, 0) is 6.54 Å². The lowest BCUT2D eigenvalue weighted by molar-refractivity contribution is 0.0697. The minimum atomic E-state index is -0.296. The molecule has 0 aliphatic carbocycles. The van der Waals surface area contributed by atoms with Crippen molar-refractivity contribution in [1.82, 2.24) is 20.0 Å². The summed E-state index contributed by atoms with van der Waals surface area (Å²) in [5.74, 6) is -0.358. The number of amides is 2. The first kappa shape index (κ1) is 19.9. The van der Waals surface area contributed by atoms with Crippen LogP contribution in [0.15, 0.2) is 52.1 Å². The van der Waals surface area contributed by atoms with Gasteiger partial charge in [-0.1, -0.05) is 25.1 Å². The van der Waals surface area contributed by atoms with E-state index in [2.05, 4.69) is 10.4 Å². The number of rotatable bonds is 5. The van der Waals surface area contributed by atoms with E-state index < -0.39 is 0 Å². The van der Waals surface area contributed by atoms with Crippen LogP contribution < -0.4 is 10.9 Å². The van der Waals surface area contributed by atoms with Gasteiger partial charge in [0.1, 0.15) is 6.26 Å². The van der Waals surface area contributed by atoms with Crippen molar-refractivity contribution in [3.8, 4) is 0 Å². The van der Waals surface area contributed by atoms with Gasteiger partial charge in [0.15, 0.2) is 5.69 Å². The summed E-state index contributed by atoms with van der Waals surface area (Å²) >= 11 is 0. The Kier molecular flexibility index (Phi) is 5.65. The Morgan fingerprint density at radius 1 is 1.17 bits per heavy atom. The maximum atomic E-state index is 13.0. The lowest BCUT2D eigenvalue weighted by Crippen LogP contribution is -2.47. The summed E-state index contributed by atoms with van der Waals surface area (Å²) in [5.41, 5.74) is 0.608. The molecule has 1 fully saturated rings. The fourth-order valence-electron chi connectivity index (χ4n) is 3.82. The first-order valence-electron chi connectivity index (χ1n) is 10.2. The molecule has 1 aliphatic rings. The number of carbonyl (C=O) groups is 2. The summed E-state index contributed by atoms with van der Waals surface area (Å²) < 4.78 is 6.35. The topological polar surface area (TPSA) is 97.4 Å². The summed E-state index contributed by atoms with van der Waals surface area (Å²) in [6.07, 6.45) is 4.98. The molecule has 0 spiro atoms. The van der Waals surface area contributed by atoms with E-state index in [1.54, 1.807) is 35.2 Å². The number of aromatic nitrogens is 2. The summed E-state index contributed by atoms with van der Waals surface area (Å²) in [7, 11) is 0. The van der Waals surface area contributed by atoms with Crippen molar-refractivity contribution in [3.63, 3.8) is 0 Å². The molecule has 1 saturated heterocycles. The molecule has 3 heterocycles. The molecule has 0 saturated carbocycles. The van der Waals surface area contributed by atoms with E-state index in [1.807, 2.05) is 6.92 Å². The highest BCUT2D eigenvalue weighted by atomic mass is 16.3. The number of furan rings is 1. The van der Waals surface area contributed by atoms with E-state index >= 15 is 0 Å². The van der Waals surface area contributed by atoms with Crippen molar-refractivity contribution in [3.05, 3.63) is 64.5 Å². The van der Waals surface area contributed by atoms with E-state index in [1.165, 1.54) is 17.2 Å². The van der Waals surface area contributed by atoms with E-state index in [0.717, 1.165) is 6.42 Å². The first-order valence-corrected chi connectivity index (χ1v) is 10.2. The Hall–Kier alpha value is -3.42. The number of piperidine rings is 1. The zero-order valence-electron chi connectivity index (χ0n) is 16.8. The molecule has 1 aliphatic heterocycles. The Bertz CT molecular complexity index is 1110. The zero-order valence-corrected chi connectivity index (χ0v) is 16.8. The fraction of sp³-hybridized carbons (Fsp3) is 0.364. The smallest absolute Gasteiger partial charge is 0.274 e.